The van der Waals surface area contributed by atoms with Crippen LogP contribution in [0.2, 0.25) is 0 Å². The Morgan fingerprint density at radius 1 is 1.16 bits per heavy atom. The van der Waals surface area contributed by atoms with E-state index in [1.54, 1.807) is 0 Å². The van der Waals surface area contributed by atoms with Crippen molar-refractivity contribution in [3.63, 3.8) is 0 Å². The van der Waals surface area contributed by atoms with Crippen LogP contribution in [-0.4, -0.2) is 73.6 Å². The molecule has 2 heterocycles. The van der Waals surface area contributed by atoms with Crippen LogP contribution in [0, 0.1) is 6.85 Å². The van der Waals surface area contributed by atoms with Crippen molar-refractivity contribution in [3.05, 3.63) is 41.1 Å². The molecule has 1 aromatic heterocycles. The van der Waals surface area contributed by atoms with Gasteiger partial charge in [0.1, 0.15) is 30.2 Å². The number of aromatic nitrogens is 2. The smallest absolute Gasteiger partial charge is 0.239 e. The molecular weight excluding hydrogens is 416 g/mol. The highest BCUT2D eigenvalue weighted by Gasteiger charge is 2.45. The maximum absolute atomic E-state index is 10.5. The average Bonchev–Trinajstić information content (AvgIpc) is 3.20. The summed E-state index contributed by atoms with van der Waals surface area (Å²) in [5.74, 6) is -0.366. The number of benzene rings is 1. The molecule has 178 valence electrons. The largest absolute Gasteiger partial charge is 0.491 e. The number of nitrogens with zero attached hydrogens (tertiary/aromatic N) is 2. The third kappa shape index (κ3) is 5.24. The molecular formula is C23H34N2O7. The Hall–Kier alpha value is -2.17. The van der Waals surface area contributed by atoms with Crippen molar-refractivity contribution in [1.82, 2.24) is 9.78 Å². The van der Waals surface area contributed by atoms with Crippen molar-refractivity contribution in [2.45, 2.75) is 83.7 Å². The van der Waals surface area contributed by atoms with Crippen LogP contribution in [0.4, 0.5) is 0 Å². The van der Waals surface area contributed by atoms with E-state index < -0.39 is 79.8 Å². The van der Waals surface area contributed by atoms with E-state index in [-0.39, 0.29) is 11.3 Å². The molecule has 9 heteroatoms. The molecule has 0 saturated carbocycles. The van der Waals surface area contributed by atoms with E-state index in [1.807, 2.05) is 0 Å². The van der Waals surface area contributed by atoms with E-state index in [9.17, 15) is 20.4 Å². The minimum Gasteiger partial charge on any atom is -0.491 e. The monoisotopic (exact) mass is 457 g/mol. The summed E-state index contributed by atoms with van der Waals surface area (Å²) in [4.78, 5) is 0. The summed E-state index contributed by atoms with van der Waals surface area (Å²) in [6.07, 6.45) is -12.4. The van der Waals surface area contributed by atoms with Crippen molar-refractivity contribution in [2.24, 2.45) is 0 Å². The molecule has 3 rings (SSSR count). The van der Waals surface area contributed by atoms with Gasteiger partial charge in [-0.2, -0.15) is 0 Å². The summed E-state index contributed by atoms with van der Waals surface area (Å²) < 4.78 is 75.9. The van der Waals surface area contributed by atoms with Gasteiger partial charge in [-0.1, -0.05) is 12.1 Å². The second-order valence-corrected chi connectivity index (χ2v) is 7.86. The molecule has 0 radical (unpaired) electrons. The number of ether oxygens (including phenoxy) is 3. The molecule has 9 nitrogen and oxygen atoms in total. The SMILES string of the molecule is [2H]C(C)(C)Oc1ccc(C([2H])([2H])c2c(O[C@@H]3O[C@H](CO)[C@@H](O)[C@H](O)[C@H]3O)nn(C([2H])(C)C)c2C([2H])([2H])[2H])cc1. The van der Waals surface area contributed by atoms with Crippen LogP contribution >= 0.6 is 0 Å². The molecule has 0 aliphatic carbocycles. The van der Waals surface area contributed by atoms with Gasteiger partial charge in [0.15, 0.2) is 0 Å². The molecule has 1 aliphatic heterocycles. The van der Waals surface area contributed by atoms with Gasteiger partial charge in [0.25, 0.3) is 0 Å². The van der Waals surface area contributed by atoms with Crippen molar-refractivity contribution >= 4 is 0 Å². The van der Waals surface area contributed by atoms with Gasteiger partial charge >= 0.3 is 0 Å². The zero-order valence-corrected chi connectivity index (χ0v) is 18.3. The number of hydrogen-bond donors (Lipinski definition) is 4. The maximum atomic E-state index is 10.5. The van der Waals surface area contributed by atoms with Crippen molar-refractivity contribution in [2.75, 3.05) is 6.61 Å². The molecule has 1 fully saturated rings. The topological polar surface area (TPSA) is 126 Å². The van der Waals surface area contributed by atoms with Crippen LogP contribution in [0.1, 0.15) is 60.1 Å². The Morgan fingerprint density at radius 2 is 1.84 bits per heavy atom. The fraction of sp³-hybridized carbons (Fsp3) is 0.609. The molecule has 0 amide bonds. The molecule has 5 atom stereocenters. The number of aliphatic hydroxyl groups is 4. The summed E-state index contributed by atoms with van der Waals surface area (Å²) in [6.45, 7) is 1.97. The van der Waals surface area contributed by atoms with Gasteiger partial charge in [-0.05, 0) is 52.2 Å². The molecule has 1 aliphatic rings. The van der Waals surface area contributed by atoms with Gasteiger partial charge in [0.2, 0.25) is 12.2 Å². The van der Waals surface area contributed by atoms with Crippen LogP contribution < -0.4 is 9.47 Å². The lowest BCUT2D eigenvalue weighted by Gasteiger charge is -2.39. The summed E-state index contributed by atoms with van der Waals surface area (Å²) in [5, 5.41) is 44.3. The minimum atomic E-state index is -2.98. The van der Waals surface area contributed by atoms with Crippen LogP contribution in [-0.2, 0) is 11.1 Å². The Morgan fingerprint density at radius 3 is 2.41 bits per heavy atom. The first kappa shape index (κ1) is 16.4. The Balaban J connectivity index is 2.19. The lowest BCUT2D eigenvalue weighted by atomic mass is 9.99. The number of aliphatic hydroxyl groups excluding tert-OH is 4. The predicted molar refractivity (Wildman–Crippen MR) is 117 cm³/mol. The fourth-order valence-electron chi connectivity index (χ4n) is 3.18. The van der Waals surface area contributed by atoms with Crippen LogP contribution in [0.15, 0.2) is 24.3 Å². The van der Waals surface area contributed by atoms with Crippen molar-refractivity contribution in [3.8, 4) is 11.6 Å². The molecule has 4 N–H and O–H groups in total. The summed E-state index contributed by atoms with van der Waals surface area (Å²) in [6, 6.07) is 3.80. The van der Waals surface area contributed by atoms with Crippen molar-refractivity contribution in [1.29, 1.82) is 0 Å². The molecule has 32 heavy (non-hydrogen) atoms. The first-order valence-electron chi connectivity index (χ1n) is 13.6. The first-order chi connectivity index (χ1) is 17.7. The van der Waals surface area contributed by atoms with E-state index in [4.69, 9.17) is 23.8 Å². The van der Waals surface area contributed by atoms with Crippen LogP contribution in [0.25, 0.3) is 0 Å². The normalized spacial score (nSPS) is 30.8. The molecule has 1 aromatic carbocycles. The molecule has 0 bridgehead atoms. The summed E-state index contributed by atoms with van der Waals surface area (Å²) in [7, 11) is 0. The zero-order valence-electron chi connectivity index (χ0n) is 25.3. The fourth-order valence-corrected chi connectivity index (χ4v) is 3.18. The predicted octanol–water partition coefficient (Wildman–Crippen LogP) is 1.33. The number of rotatable bonds is 8. The van der Waals surface area contributed by atoms with E-state index in [0.29, 0.717) is 0 Å². The lowest BCUT2D eigenvalue weighted by molar-refractivity contribution is -0.278. The lowest BCUT2D eigenvalue weighted by Crippen LogP contribution is -2.60. The molecule has 2 aromatic rings. The molecule has 1 saturated heterocycles. The standard InChI is InChI=1S/C23H34N2O7/c1-12(2)25-14(5)17(10-15-6-8-16(9-7-15)30-13(3)4)22(24-25)32-23-21(29)20(28)19(27)18(11-26)31-23/h6-9,12-13,18-21,23,26-29H,10-11H2,1-5H3/t18-,19-,20+,21-,23+/m1/s1/i5D3,10D2,12D,13D. The van der Waals surface area contributed by atoms with Gasteiger partial charge in [0.05, 0.1) is 15.4 Å². The van der Waals surface area contributed by atoms with Gasteiger partial charge in [-0.15, -0.1) is 5.10 Å². The Kier molecular flexibility index (Phi) is 5.23. The van der Waals surface area contributed by atoms with Crippen molar-refractivity contribution < 1.29 is 44.2 Å². The molecule has 0 unspecified atom stereocenters. The highest BCUT2D eigenvalue weighted by molar-refractivity contribution is 5.38. The number of hydrogen-bond acceptors (Lipinski definition) is 8. The maximum Gasteiger partial charge on any atom is 0.239 e. The van der Waals surface area contributed by atoms with E-state index in [1.165, 1.54) is 52.0 Å². The Labute approximate surface area is 198 Å². The van der Waals surface area contributed by atoms with Crippen LogP contribution in [0.3, 0.4) is 0 Å². The van der Waals surface area contributed by atoms with E-state index in [2.05, 4.69) is 5.10 Å². The highest BCUT2D eigenvalue weighted by atomic mass is 16.7. The zero-order chi connectivity index (χ0) is 29.7. The van der Waals surface area contributed by atoms with Gasteiger partial charge in [-0.25, -0.2) is 0 Å². The summed E-state index contributed by atoms with van der Waals surface area (Å²) in [5.41, 5.74) is -1.25. The Bertz CT molecular complexity index is 1140. The summed E-state index contributed by atoms with van der Waals surface area (Å²) >= 11 is 0. The minimum absolute atomic E-state index is 0.0378. The second kappa shape index (κ2) is 10.2. The van der Waals surface area contributed by atoms with Gasteiger partial charge in [0, 0.05) is 30.5 Å². The van der Waals surface area contributed by atoms with E-state index >= 15 is 0 Å². The first-order valence-corrected chi connectivity index (χ1v) is 10.1. The average molecular weight is 458 g/mol. The molecule has 0 spiro atoms. The van der Waals surface area contributed by atoms with Gasteiger partial charge in [-0.3, -0.25) is 4.68 Å². The van der Waals surface area contributed by atoms with Gasteiger partial charge < -0.3 is 34.6 Å². The van der Waals surface area contributed by atoms with Crippen LogP contribution in [0.5, 0.6) is 11.6 Å². The quantitative estimate of drug-likeness (QED) is 0.468. The van der Waals surface area contributed by atoms with E-state index in [0.717, 1.165) is 4.68 Å². The third-order valence-electron chi connectivity index (χ3n) is 4.80. The third-order valence-corrected chi connectivity index (χ3v) is 4.80. The second-order valence-electron chi connectivity index (χ2n) is 7.86. The highest BCUT2D eigenvalue weighted by Crippen LogP contribution is 2.31.